The van der Waals surface area contributed by atoms with Crippen molar-refractivity contribution < 1.29 is 19.1 Å². The molecule has 0 fully saturated rings. The van der Waals surface area contributed by atoms with Gasteiger partial charge in [0.05, 0.1) is 34.6 Å². The van der Waals surface area contributed by atoms with Crippen LogP contribution in [0.5, 0.6) is 11.5 Å². The Labute approximate surface area is 249 Å². The number of aromatic nitrogens is 3. The normalized spacial score (nSPS) is 16.2. The molecule has 6 rings (SSSR count). The topological polar surface area (TPSA) is 98.6 Å². The van der Waals surface area contributed by atoms with E-state index >= 15 is 0 Å². The van der Waals surface area contributed by atoms with Crippen molar-refractivity contribution in [1.29, 1.82) is 0 Å². The van der Waals surface area contributed by atoms with Gasteiger partial charge in [-0.25, -0.2) is 4.68 Å². The maximum atomic E-state index is 13.9. The number of hydrogen-bond acceptors (Lipinski definition) is 7. The number of amides is 2. The fraction of sp³-hybridized carbons (Fsp3) is 0.312. The molecule has 10 heteroatoms. The van der Waals surface area contributed by atoms with Gasteiger partial charge in [-0.1, -0.05) is 45.0 Å². The molecule has 0 saturated carbocycles. The summed E-state index contributed by atoms with van der Waals surface area (Å²) in [5, 5.41) is 7.87. The third-order valence-corrected chi connectivity index (χ3v) is 8.49. The third-order valence-electron chi connectivity index (χ3n) is 7.24. The minimum atomic E-state index is -0.353. The molecule has 0 unspecified atom stereocenters. The minimum absolute atomic E-state index is 0.145. The van der Waals surface area contributed by atoms with Crippen LogP contribution in [0.1, 0.15) is 54.1 Å². The zero-order valence-electron chi connectivity index (χ0n) is 24.1. The first-order valence-electron chi connectivity index (χ1n) is 13.9. The van der Waals surface area contributed by atoms with Gasteiger partial charge >= 0.3 is 0 Å². The van der Waals surface area contributed by atoms with E-state index in [4.69, 9.17) is 14.6 Å². The first-order valence-corrected chi connectivity index (χ1v) is 14.9. The molecule has 2 aliphatic heterocycles. The molecule has 1 N–H and O–H groups in total. The molecule has 9 nitrogen and oxygen atoms in total. The Morgan fingerprint density at radius 1 is 1.07 bits per heavy atom. The number of carbonyl (C=O) groups is 2. The van der Waals surface area contributed by atoms with Crippen LogP contribution in [0.15, 0.2) is 66.9 Å². The average Bonchev–Trinajstić information content (AvgIpc) is 3.57. The number of pyridine rings is 1. The second kappa shape index (κ2) is 11.2. The number of aryl methyl sites for hydroxylation is 1. The summed E-state index contributed by atoms with van der Waals surface area (Å²) in [5.74, 6) is 1.74. The van der Waals surface area contributed by atoms with Crippen molar-refractivity contribution in [3.63, 3.8) is 0 Å². The van der Waals surface area contributed by atoms with Crippen LogP contribution in [0.25, 0.3) is 5.69 Å². The van der Waals surface area contributed by atoms with Crippen LogP contribution in [0.4, 0.5) is 5.82 Å². The van der Waals surface area contributed by atoms with E-state index in [1.165, 1.54) is 11.8 Å². The number of fused-ring (bicyclic) bond motifs is 2. The van der Waals surface area contributed by atoms with E-state index in [-0.39, 0.29) is 48.1 Å². The zero-order valence-corrected chi connectivity index (χ0v) is 24.9. The Kier molecular flexibility index (Phi) is 7.40. The van der Waals surface area contributed by atoms with Gasteiger partial charge < -0.3 is 14.8 Å². The summed E-state index contributed by atoms with van der Waals surface area (Å²) >= 11 is 1.53. The number of hydrogen-bond donors (Lipinski definition) is 1. The summed E-state index contributed by atoms with van der Waals surface area (Å²) in [5.41, 5.74) is 5.04. The molecule has 4 aromatic rings. The van der Waals surface area contributed by atoms with Crippen molar-refractivity contribution in [2.75, 3.05) is 24.0 Å². The highest BCUT2D eigenvalue weighted by Gasteiger charge is 2.40. The lowest BCUT2D eigenvalue weighted by Crippen LogP contribution is -2.42. The van der Waals surface area contributed by atoms with Crippen molar-refractivity contribution in [1.82, 2.24) is 20.1 Å². The quantitative estimate of drug-likeness (QED) is 0.338. The van der Waals surface area contributed by atoms with Crippen molar-refractivity contribution in [3.8, 4) is 17.2 Å². The number of nitrogens with zero attached hydrogens (tertiary/aromatic N) is 4. The highest BCUT2D eigenvalue weighted by atomic mass is 32.2. The molecule has 0 saturated heterocycles. The lowest BCUT2D eigenvalue weighted by atomic mass is 9.87. The number of carbonyl (C=O) groups excluding carboxylic acids is 2. The fourth-order valence-electron chi connectivity index (χ4n) is 5.24. The molecular weight excluding hydrogens is 550 g/mol. The highest BCUT2D eigenvalue weighted by Crippen LogP contribution is 2.49. The predicted octanol–water partition coefficient (Wildman–Crippen LogP) is 5.09. The number of anilines is 1. The van der Waals surface area contributed by atoms with Gasteiger partial charge in [-0.15, -0.1) is 11.8 Å². The van der Waals surface area contributed by atoms with Crippen LogP contribution in [-0.2, 0) is 21.5 Å². The maximum Gasteiger partial charge on any atom is 0.240 e. The van der Waals surface area contributed by atoms with E-state index in [2.05, 4.69) is 31.1 Å². The molecule has 216 valence electrons. The lowest BCUT2D eigenvalue weighted by Gasteiger charge is -2.24. The number of thioether (sulfide) groups is 1. The Morgan fingerprint density at radius 2 is 1.90 bits per heavy atom. The van der Waals surface area contributed by atoms with E-state index < -0.39 is 0 Å². The molecule has 0 radical (unpaired) electrons. The summed E-state index contributed by atoms with van der Waals surface area (Å²) in [6, 6.07) is 19.5. The van der Waals surface area contributed by atoms with Gasteiger partial charge in [0.25, 0.3) is 0 Å². The van der Waals surface area contributed by atoms with Gasteiger partial charge in [0, 0.05) is 17.2 Å². The average molecular weight is 584 g/mol. The van der Waals surface area contributed by atoms with Crippen LogP contribution in [0, 0.1) is 6.92 Å². The molecule has 2 amide bonds. The van der Waals surface area contributed by atoms with Crippen molar-refractivity contribution in [3.05, 3.63) is 94.9 Å². The van der Waals surface area contributed by atoms with Gasteiger partial charge in [-0.2, -0.15) is 5.10 Å². The van der Waals surface area contributed by atoms with E-state index in [1.54, 1.807) is 11.1 Å². The first kappa shape index (κ1) is 27.8. The van der Waals surface area contributed by atoms with Crippen LogP contribution < -0.4 is 19.7 Å². The van der Waals surface area contributed by atoms with Crippen molar-refractivity contribution in [2.45, 2.75) is 44.9 Å². The molecule has 2 aliphatic rings. The van der Waals surface area contributed by atoms with Gasteiger partial charge in [-0.05, 0) is 54.4 Å². The van der Waals surface area contributed by atoms with Crippen LogP contribution in [0.3, 0.4) is 0 Å². The Hall–Kier alpha value is -4.31. The van der Waals surface area contributed by atoms with Gasteiger partial charge in [0.1, 0.15) is 12.4 Å². The predicted molar refractivity (Wildman–Crippen MR) is 162 cm³/mol. The number of nitrogens with one attached hydrogen (secondary N) is 1. The van der Waals surface area contributed by atoms with Crippen LogP contribution in [-0.4, -0.2) is 45.7 Å². The standard InChI is InChI=1S/C32H33N5O4S/c1-20-8-7-10-23(14-20)37-31-28(30(35-37)32(2,3)4)29(21-11-12-24-25(15-21)41-19-40-24)42-18-27(39)36(31)17-26(38)34-16-22-9-5-6-13-33-22/h5-15,29H,16-19H2,1-4H3,(H,34,38)/t29-/m0/s1. The molecule has 4 heterocycles. The van der Waals surface area contributed by atoms with Crippen LogP contribution >= 0.6 is 11.8 Å². The smallest absolute Gasteiger partial charge is 0.240 e. The first-order chi connectivity index (χ1) is 20.2. The number of ether oxygens (including phenoxy) is 2. The largest absolute Gasteiger partial charge is 0.454 e. The SMILES string of the molecule is Cc1cccc(-n2nc(C(C)(C)C)c3c2N(CC(=O)NCc2ccccn2)C(=O)CS[C@H]3c2ccc3c(c2)OCO3)c1. The molecule has 0 spiro atoms. The summed E-state index contributed by atoms with van der Waals surface area (Å²) in [4.78, 5) is 33.1. The molecule has 0 bridgehead atoms. The summed E-state index contributed by atoms with van der Waals surface area (Å²) in [6.07, 6.45) is 1.69. The molecular formula is C32H33N5O4S. The summed E-state index contributed by atoms with van der Waals surface area (Å²) in [7, 11) is 0. The second-order valence-electron chi connectivity index (χ2n) is 11.5. The molecule has 2 aromatic carbocycles. The van der Waals surface area contributed by atoms with Crippen LogP contribution in [0.2, 0.25) is 0 Å². The Balaban J connectivity index is 1.49. The molecule has 42 heavy (non-hydrogen) atoms. The fourth-order valence-corrected chi connectivity index (χ4v) is 6.43. The van der Waals surface area contributed by atoms with Crippen molar-refractivity contribution in [2.24, 2.45) is 0 Å². The lowest BCUT2D eigenvalue weighted by molar-refractivity contribution is -0.123. The number of rotatable bonds is 6. The Morgan fingerprint density at radius 3 is 2.67 bits per heavy atom. The Bertz CT molecular complexity index is 1650. The van der Waals surface area contributed by atoms with Gasteiger partial charge in [-0.3, -0.25) is 19.5 Å². The minimum Gasteiger partial charge on any atom is -0.454 e. The molecule has 2 aromatic heterocycles. The van der Waals surface area contributed by atoms with Crippen molar-refractivity contribution >= 4 is 29.4 Å². The van der Waals surface area contributed by atoms with E-state index in [9.17, 15) is 9.59 Å². The maximum absolute atomic E-state index is 13.9. The summed E-state index contributed by atoms with van der Waals surface area (Å²) in [6.45, 7) is 8.69. The monoisotopic (exact) mass is 583 g/mol. The zero-order chi connectivity index (χ0) is 29.4. The van der Waals surface area contributed by atoms with E-state index in [0.29, 0.717) is 17.3 Å². The van der Waals surface area contributed by atoms with Gasteiger partial charge in [0.15, 0.2) is 11.5 Å². The summed E-state index contributed by atoms with van der Waals surface area (Å²) < 4.78 is 13.1. The third kappa shape index (κ3) is 5.46. The number of benzene rings is 2. The second-order valence-corrected chi connectivity index (χ2v) is 12.6. The van der Waals surface area contributed by atoms with Gasteiger partial charge in [0.2, 0.25) is 18.6 Å². The van der Waals surface area contributed by atoms with E-state index in [1.807, 2.05) is 72.3 Å². The highest BCUT2D eigenvalue weighted by molar-refractivity contribution is 8.00. The molecule has 0 aliphatic carbocycles. The van der Waals surface area contributed by atoms with E-state index in [0.717, 1.165) is 33.8 Å². The molecule has 1 atom stereocenters.